The molecule has 0 saturated heterocycles. The average Bonchev–Trinajstić information content (AvgIpc) is 2.58. The molecule has 0 fully saturated rings. The van der Waals surface area contributed by atoms with Crippen molar-refractivity contribution < 1.29 is 9.59 Å². The van der Waals surface area contributed by atoms with E-state index in [-0.39, 0.29) is 11.6 Å². The third-order valence-corrected chi connectivity index (χ3v) is 3.80. The molecule has 26 heavy (non-hydrogen) atoms. The molecule has 8 heteroatoms. The fourth-order valence-electron chi connectivity index (χ4n) is 2.37. The van der Waals surface area contributed by atoms with E-state index in [0.29, 0.717) is 31.0 Å². The highest BCUT2D eigenvalue weighted by atomic mass is 16.2. The van der Waals surface area contributed by atoms with Crippen LogP contribution in [0.4, 0.5) is 11.5 Å². The number of carbonyl (C=O) groups is 2. The van der Waals surface area contributed by atoms with E-state index in [9.17, 15) is 9.59 Å². The molecule has 0 atom stereocenters. The number of nitrogens with two attached hydrogens (primary N) is 1. The van der Waals surface area contributed by atoms with Gasteiger partial charge in [-0.25, -0.2) is 9.97 Å². The summed E-state index contributed by atoms with van der Waals surface area (Å²) in [6, 6.07) is 7.67. The van der Waals surface area contributed by atoms with Gasteiger partial charge in [-0.15, -0.1) is 0 Å². The van der Waals surface area contributed by atoms with Gasteiger partial charge in [0.25, 0.3) is 5.91 Å². The number of nitrogens with one attached hydrogen (secondary N) is 3. The van der Waals surface area contributed by atoms with Crippen LogP contribution in [0, 0.1) is 13.8 Å². The fourth-order valence-corrected chi connectivity index (χ4v) is 2.37. The van der Waals surface area contributed by atoms with Crippen molar-refractivity contribution >= 4 is 23.3 Å². The number of amides is 2. The van der Waals surface area contributed by atoms with Crippen LogP contribution in [0.1, 0.15) is 27.4 Å². The van der Waals surface area contributed by atoms with Crippen LogP contribution in [0.25, 0.3) is 0 Å². The summed E-state index contributed by atoms with van der Waals surface area (Å²) in [6.07, 6.45) is 0.687. The molecule has 1 aromatic heterocycles. The molecular weight excluding hydrogens is 332 g/mol. The lowest BCUT2D eigenvalue weighted by Crippen LogP contribution is -2.33. The number of hydrogen-bond acceptors (Lipinski definition) is 6. The van der Waals surface area contributed by atoms with Gasteiger partial charge in [0.2, 0.25) is 5.91 Å². The normalized spacial score (nSPS) is 10.4. The zero-order valence-electron chi connectivity index (χ0n) is 15.2. The van der Waals surface area contributed by atoms with Crippen LogP contribution in [-0.4, -0.2) is 41.9 Å². The maximum Gasteiger partial charge on any atom is 0.271 e. The topological polar surface area (TPSA) is 122 Å². The maximum absolute atomic E-state index is 11.6. The van der Waals surface area contributed by atoms with Gasteiger partial charge < -0.3 is 21.7 Å². The molecule has 0 aliphatic carbocycles. The van der Waals surface area contributed by atoms with Crippen molar-refractivity contribution in [3.8, 4) is 0 Å². The molecule has 0 bridgehead atoms. The van der Waals surface area contributed by atoms with Crippen LogP contribution in [0.5, 0.6) is 0 Å². The lowest BCUT2D eigenvalue weighted by atomic mass is 10.1. The zero-order valence-corrected chi connectivity index (χ0v) is 15.2. The number of anilines is 2. The number of primary amides is 1. The summed E-state index contributed by atoms with van der Waals surface area (Å²) >= 11 is 0. The molecule has 0 saturated carbocycles. The minimum Gasteiger partial charge on any atom is -0.364 e. The highest BCUT2D eigenvalue weighted by molar-refractivity contribution is 5.96. The number of likely N-dealkylation sites (N-methyl/N-ethyl adjacent to an activating group) is 1. The van der Waals surface area contributed by atoms with Gasteiger partial charge in [-0.3, -0.25) is 9.59 Å². The molecule has 0 unspecified atom stereocenters. The summed E-state index contributed by atoms with van der Waals surface area (Å²) in [5.41, 5.74) is 8.71. The molecule has 8 nitrogen and oxygen atoms in total. The SMILES string of the molecule is CNCC(=O)NCCc1cccc(Nc2nc(C)c(C)nc2C(N)=O)c1. The second-order valence-electron chi connectivity index (χ2n) is 5.91. The first kappa shape index (κ1) is 19.3. The molecule has 1 heterocycles. The van der Waals surface area contributed by atoms with Gasteiger partial charge in [-0.1, -0.05) is 12.1 Å². The second-order valence-corrected chi connectivity index (χ2v) is 5.91. The Morgan fingerprint density at radius 2 is 1.88 bits per heavy atom. The smallest absolute Gasteiger partial charge is 0.271 e. The number of nitrogens with zero attached hydrogens (tertiary/aromatic N) is 2. The van der Waals surface area contributed by atoms with Crippen molar-refractivity contribution in [2.75, 3.05) is 25.5 Å². The van der Waals surface area contributed by atoms with E-state index >= 15 is 0 Å². The number of rotatable bonds is 8. The number of benzene rings is 1. The Bertz CT molecular complexity index is 806. The van der Waals surface area contributed by atoms with E-state index in [1.807, 2.05) is 31.2 Å². The molecule has 0 aliphatic heterocycles. The van der Waals surface area contributed by atoms with Gasteiger partial charge in [0.1, 0.15) is 0 Å². The Kier molecular flexibility index (Phi) is 6.62. The predicted molar refractivity (Wildman–Crippen MR) is 100 cm³/mol. The summed E-state index contributed by atoms with van der Waals surface area (Å²) in [5.74, 6) is -0.343. The summed E-state index contributed by atoms with van der Waals surface area (Å²) < 4.78 is 0. The third-order valence-electron chi connectivity index (χ3n) is 3.80. The average molecular weight is 356 g/mol. The van der Waals surface area contributed by atoms with Gasteiger partial charge in [0, 0.05) is 12.2 Å². The Balaban J connectivity index is 2.10. The third kappa shape index (κ3) is 5.25. The van der Waals surface area contributed by atoms with Crippen LogP contribution in [0.15, 0.2) is 24.3 Å². The molecule has 2 rings (SSSR count). The number of hydrogen-bond donors (Lipinski definition) is 4. The van der Waals surface area contributed by atoms with Crippen LogP contribution >= 0.6 is 0 Å². The molecule has 5 N–H and O–H groups in total. The summed E-state index contributed by atoms with van der Waals surface area (Å²) in [5, 5.41) is 8.75. The van der Waals surface area contributed by atoms with E-state index < -0.39 is 5.91 Å². The van der Waals surface area contributed by atoms with Crippen LogP contribution in [0.2, 0.25) is 0 Å². The largest absolute Gasteiger partial charge is 0.364 e. The van der Waals surface area contributed by atoms with E-state index in [0.717, 1.165) is 16.9 Å². The minimum atomic E-state index is -0.633. The van der Waals surface area contributed by atoms with Crippen LogP contribution < -0.4 is 21.7 Å². The summed E-state index contributed by atoms with van der Waals surface area (Å²) in [4.78, 5) is 31.7. The minimum absolute atomic E-state index is 0.0433. The molecule has 0 spiro atoms. The van der Waals surface area contributed by atoms with E-state index in [1.54, 1.807) is 14.0 Å². The van der Waals surface area contributed by atoms with Gasteiger partial charge in [-0.05, 0) is 45.0 Å². The van der Waals surface area contributed by atoms with Gasteiger partial charge >= 0.3 is 0 Å². The first-order valence-electron chi connectivity index (χ1n) is 8.33. The highest BCUT2D eigenvalue weighted by Gasteiger charge is 2.14. The van der Waals surface area contributed by atoms with Gasteiger partial charge in [-0.2, -0.15) is 0 Å². The number of aromatic nitrogens is 2. The molecule has 1 aromatic carbocycles. The summed E-state index contributed by atoms with van der Waals surface area (Å²) in [7, 11) is 1.73. The molecular formula is C18H24N6O2. The van der Waals surface area contributed by atoms with Crippen molar-refractivity contribution in [3.05, 3.63) is 46.9 Å². The Morgan fingerprint density at radius 1 is 1.15 bits per heavy atom. The van der Waals surface area contributed by atoms with Crippen LogP contribution in [-0.2, 0) is 11.2 Å². The molecule has 0 radical (unpaired) electrons. The first-order chi connectivity index (χ1) is 12.4. The molecule has 0 aliphatic rings. The standard InChI is InChI=1S/C18H24N6O2/c1-11-12(2)23-18(16(22-11)17(19)26)24-14-6-4-5-13(9-14)7-8-21-15(25)10-20-3/h4-6,9,20H,7-8,10H2,1-3H3,(H2,19,26)(H,21,25)(H,23,24). The van der Waals surface area contributed by atoms with Crippen LogP contribution in [0.3, 0.4) is 0 Å². The predicted octanol–water partition coefficient (Wildman–Crippen LogP) is 0.814. The lowest BCUT2D eigenvalue weighted by molar-refractivity contribution is -0.120. The Morgan fingerprint density at radius 3 is 2.58 bits per heavy atom. The Hall–Kier alpha value is -3.00. The fraction of sp³-hybridized carbons (Fsp3) is 0.333. The number of carbonyl (C=O) groups excluding carboxylic acids is 2. The van der Waals surface area contributed by atoms with Gasteiger partial charge in [0.15, 0.2) is 11.5 Å². The van der Waals surface area contributed by atoms with Crippen molar-refractivity contribution in [1.82, 2.24) is 20.6 Å². The van der Waals surface area contributed by atoms with Crippen molar-refractivity contribution in [1.29, 1.82) is 0 Å². The van der Waals surface area contributed by atoms with E-state index in [4.69, 9.17) is 5.73 Å². The Labute approximate surface area is 152 Å². The number of aryl methyl sites for hydroxylation is 2. The van der Waals surface area contributed by atoms with Crippen molar-refractivity contribution in [2.24, 2.45) is 5.73 Å². The maximum atomic E-state index is 11.6. The lowest BCUT2D eigenvalue weighted by Gasteiger charge is -2.12. The molecule has 2 amide bonds. The second kappa shape index (κ2) is 8.91. The first-order valence-corrected chi connectivity index (χ1v) is 8.33. The van der Waals surface area contributed by atoms with Crippen molar-refractivity contribution in [3.63, 3.8) is 0 Å². The molecule has 138 valence electrons. The van der Waals surface area contributed by atoms with Crippen molar-refractivity contribution in [2.45, 2.75) is 20.3 Å². The summed E-state index contributed by atoms with van der Waals surface area (Å²) in [6.45, 7) is 4.44. The molecule has 2 aromatic rings. The quantitative estimate of drug-likeness (QED) is 0.555. The zero-order chi connectivity index (χ0) is 19.1. The van der Waals surface area contributed by atoms with E-state index in [2.05, 4.69) is 25.9 Å². The highest BCUT2D eigenvalue weighted by Crippen LogP contribution is 2.20. The van der Waals surface area contributed by atoms with E-state index in [1.165, 1.54) is 0 Å². The van der Waals surface area contributed by atoms with Gasteiger partial charge in [0.05, 0.1) is 17.9 Å². The monoisotopic (exact) mass is 356 g/mol.